The summed E-state index contributed by atoms with van der Waals surface area (Å²) in [4.78, 5) is 16.6. The lowest BCUT2D eigenvalue weighted by Gasteiger charge is -2.13. The molecule has 162 valence electrons. The molecular formula is C24H16Cl2INO4. The van der Waals surface area contributed by atoms with E-state index < -0.39 is 5.97 Å². The third kappa shape index (κ3) is 5.09. The van der Waals surface area contributed by atoms with E-state index in [0.717, 1.165) is 9.13 Å². The van der Waals surface area contributed by atoms with Crippen LogP contribution in [0.1, 0.15) is 16.7 Å². The van der Waals surface area contributed by atoms with Gasteiger partial charge in [-0.2, -0.15) is 0 Å². The number of rotatable bonds is 6. The van der Waals surface area contributed by atoms with Crippen LogP contribution in [0.4, 0.5) is 0 Å². The number of halogens is 3. The monoisotopic (exact) mass is 579 g/mol. The van der Waals surface area contributed by atoms with Gasteiger partial charge >= 0.3 is 5.97 Å². The van der Waals surface area contributed by atoms with E-state index >= 15 is 0 Å². The van der Waals surface area contributed by atoms with Gasteiger partial charge in [0.1, 0.15) is 6.61 Å². The molecule has 0 amide bonds. The first-order chi connectivity index (χ1) is 15.4. The number of hydrogen-bond acceptors (Lipinski definition) is 5. The molecule has 0 saturated heterocycles. The van der Waals surface area contributed by atoms with Crippen LogP contribution in [0.25, 0.3) is 6.08 Å². The molecule has 0 fully saturated rings. The third-order valence-corrected chi connectivity index (χ3v) is 5.83. The van der Waals surface area contributed by atoms with E-state index in [0.29, 0.717) is 39.3 Å². The van der Waals surface area contributed by atoms with Crippen molar-refractivity contribution in [1.82, 2.24) is 0 Å². The summed E-state index contributed by atoms with van der Waals surface area (Å²) < 4.78 is 17.8. The largest absolute Gasteiger partial charge is 0.493 e. The van der Waals surface area contributed by atoms with E-state index in [2.05, 4.69) is 27.6 Å². The van der Waals surface area contributed by atoms with Crippen molar-refractivity contribution in [2.45, 2.75) is 6.61 Å². The molecule has 3 aromatic rings. The van der Waals surface area contributed by atoms with E-state index in [1.54, 1.807) is 42.5 Å². The highest BCUT2D eigenvalue weighted by Gasteiger charge is 2.25. The van der Waals surface area contributed by atoms with E-state index in [4.69, 9.17) is 37.4 Å². The highest BCUT2D eigenvalue weighted by molar-refractivity contribution is 14.1. The molecule has 1 aliphatic rings. The third-order valence-electron chi connectivity index (χ3n) is 4.55. The summed E-state index contributed by atoms with van der Waals surface area (Å²) in [7, 11) is 1.53. The van der Waals surface area contributed by atoms with Crippen LogP contribution < -0.4 is 9.47 Å². The Hall–Kier alpha value is -2.55. The Morgan fingerprint density at radius 1 is 1.06 bits per heavy atom. The van der Waals surface area contributed by atoms with Gasteiger partial charge in [0, 0.05) is 3.57 Å². The minimum absolute atomic E-state index is 0.130. The zero-order valence-electron chi connectivity index (χ0n) is 16.8. The van der Waals surface area contributed by atoms with Crippen molar-refractivity contribution in [2.24, 2.45) is 4.99 Å². The summed E-state index contributed by atoms with van der Waals surface area (Å²) >= 11 is 14.9. The van der Waals surface area contributed by atoms with Crippen LogP contribution in [-0.2, 0) is 16.1 Å². The molecule has 8 heteroatoms. The number of aliphatic imine (C=N–C) groups is 1. The second-order valence-electron chi connectivity index (χ2n) is 6.77. The Labute approximate surface area is 208 Å². The number of cyclic esters (lactones) is 1. The number of ether oxygens (including phenoxy) is 3. The molecule has 3 aromatic carbocycles. The van der Waals surface area contributed by atoms with Gasteiger partial charge < -0.3 is 14.2 Å². The molecule has 5 nitrogen and oxygen atoms in total. The zero-order valence-corrected chi connectivity index (χ0v) is 20.4. The average molecular weight is 580 g/mol. The van der Waals surface area contributed by atoms with Crippen LogP contribution in [0, 0.1) is 3.57 Å². The van der Waals surface area contributed by atoms with Crippen LogP contribution in [0.2, 0.25) is 10.0 Å². The average Bonchev–Trinajstić information content (AvgIpc) is 3.13. The van der Waals surface area contributed by atoms with Crippen LogP contribution in [0.5, 0.6) is 11.5 Å². The van der Waals surface area contributed by atoms with Crippen molar-refractivity contribution in [3.05, 3.63) is 96.7 Å². The second kappa shape index (κ2) is 9.94. The molecule has 0 aliphatic carbocycles. The number of hydrogen-bond donors (Lipinski definition) is 0. The summed E-state index contributed by atoms with van der Waals surface area (Å²) in [6, 6.07) is 18.4. The summed E-state index contributed by atoms with van der Waals surface area (Å²) in [5.74, 6) is 0.442. The molecule has 32 heavy (non-hydrogen) atoms. The van der Waals surface area contributed by atoms with Gasteiger partial charge in [0.25, 0.3) is 0 Å². The lowest BCUT2D eigenvalue weighted by Crippen LogP contribution is -2.05. The first-order valence-corrected chi connectivity index (χ1v) is 11.3. The molecule has 0 saturated carbocycles. The Balaban J connectivity index is 1.60. The van der Waals surface area contributed by atoms with E-state index in [1.807, 2.05) is 24.3 Å². The lowest BCUT2D eigenvalue weighted by atomic mass is 10.1. The molecular weight excluding hydrogens is 564 g/mol. The maximum absolute atomic E-state index is 12.3. The second-order valence-corrected chi connectivity index (χ2v) is 8.83. The predicted molar refractivity (Wildman–Crippen MR) is 134 cm³/mol. The van der Waals surface area contributed by atoms with Crippen molar-refractivity contribution in [1.29, 1.82) is 0 Å². The van der Waals surface area contributed by atoms with E-state index in [9.17, 15) is 4.79 Å². The van der Waals surface area contributed by atoms with Gasteiger partial charge in [-0.1, -0.05) is 47.5 Å². The maximum atomic E-state index is 12.3. The number of benzene rings is 3. The van der Waals surface area contributed by atoms with Crippen molar-refractivity contribution < 1.29 is 19.0 Å². The number of nitrogens with zero attached hydrogens (tertiary/aromatic N) is 1. The lowest BCUT2D eigenvalue weighted by molar-refractivity contribution is -0.129. The van der Waals surface area contributed by atoms with Gasteiger partial charge in [-0.15, -0.1) is 0 Å². The molecule has 0 bridgehead atoms. The zero-order chi connectivity index (χ0) is 22.7. The molecule has 4 rings (SSSR count). The minimum atomic E-state index is -0.575. The minimum Gasteiger partial charge on any atom is -0.493 e. The van der Waals surface area contributed by atoms with Crippen molar-refractivity contribution >= 4 is 63.7 Å². The highest BCUT2D eigenvalue weighted by atomic mass is 127. The fourth-order valence-corrected chi connectivity index (χ4v) is 4.16. The normalized spacial score (nSPS) is 14.3. The molecule has 0 aromatic heterocycles. The fraction of sp³-hybridized carbons (Fsp3) is 0.0833. The fourth-order valence-electron chi connectivity index (χ4n) is 3.06. The number of carbonyl (C=O) groups is 1. The van der Waals surface area contributed by atoms with Gasteiger partial charge in [0.2, 0.25) is 5.90 Å². The number of esters is 1. The van der Waals surface area contributed by atoms with Gasteiger partial charge in [0.05, 0.1) is 22.7 Å². The van der Waals surface area contributed by atoms with Gasteiger partial charge in [-0.3, -0.25) is 0 Å². The predicted octanol–water partition coefficient (Wildman–Crippen LogP) is 6.53. The first kappa shape index (κ1) is 22.6. The Kier molecular flexibility index (Phi) is 7.03. The molecule has 1 heterocycles. The highest BCUT2D eigenvalue weighted by Crippen LogP contribution is 2.38. The molecule has 0 radical (unpaired) electrons. The van der Waals surface area contributed by atoms with Gasteiger partial charge in [-0.05, 0) is 76.2 Å². The van der Waals surface area contributed by atoms with Gasteiger partial charge in [-0.25, -0.2) is 9.79 Å². The standard InChI is InChI=1S/C24H16Cl2INO4/c1-30-21-12-15(10-19(26)22(21)31-13-14-5-4-6-16(27)9-14)11-20-24(29)32-23(28-20)17-7-2-3-8-18(17)25/h2-12H,13H2,1H3/b20-11-. The molecule has 0 N–H and O–H groups in total. The molecule has 1 aliphatic heterocycles. The summed E-state index contributed by atoms with van der Waals surface area (Å²) in [5, 5.41) is 0.795. The van der Waals surface area contributed by atoms with Crippen molar-refractivity contribution in [3.63, 3.8) is 0 Å². The summed E-state index contributed by atoms with van der Waals surface area (Å²) in [5.41, 5.74) is 2.30. The quantitative estimate of drug-likeness (QED) is 0.189. The van der Waals surface area contributed by atoms with Crippen molar-refractivity contribution in [2.75, 3.05) is 7.11 Å². The van der Waals surface area contributed by atoms with Crippen molar-refractivity contribution in [3.8, 4) is 11.5 Å². The Bertz CT molecular complexity index is 1260. The first-order valence-electron chi connectivity index (χ1n) is 9.47. The summed E-state index contributed by atoms with van der Waals surface area (Å²) in [6.07, 6.45) is 1.57. The topological polar surface area (TPSA) is 57.1 Å². The van der Waals surface area contributed by atoms with Crippen LogP contribution in [-0.4, -0.2) is 19.0 Å². The maximum Gasteiger partial charge on any atom is 0.363 e. The SMILES string of the molecule is COc1cc(/C=C2\N=C(c3ccccc3Cl)OC2=O)cc(Cl)c1OCc1cccc(I)c1. The smallest absolute Gasteiger partial charge is 0.363 e. The van der Waals surface area contributed by atoms with E-state index in [-0.39, 0.29) is 11.6 Å². The van der Waals surface area contributed by atoms with Crippen LogP contribution in [0.3, 0.4) is 0 Å². The number of carbonyl (C=O) groups excluding carboxylic acids is 1. The van der Waals surface area contributed by atoms with Crippen LogP contribution in [0.15, 0.2) is 71.4 Å². The van der Waals surface area contributed by atoms with Crippen LogP contribution >= 0.6 is 45.8 Å². The molecule has 0 spiro atoms. The Morgan fingerprint density at radius 3 is 2.62 bits per heavy atom. The molecule has 0 atom stereocenters. The van der Waals surface area contributed by atoms with E-state index in [1.165, 1.54) is 7.11 Å². The van der Waals surface area contributed by atoms with Gasteiger partial charge in [0.15, 0.2) is 17.2 Å². The summed E-state index contributed by atoms with van der Waals surface area (Å²) in [6.45, 7) is 0.338. The number of methoxy groups -OCH3 is 1. The molecule has 0 unspecified atom stereocenters. The Morgan fingerprint density at radius 2 is 1.88 bits per heavy atom.